The molecule has 130 valence electrons. The number of guanidine groups is 1. The third-order valence-corrected chi connectivity index (χ3v) is 5.92. The van der Waals surface area contributed by atoms with E-state index in [9.17, 15) is 0 Å². The summed E-state index contributed by atoms with van der Waals surface area (Å²) in [6.45, 7) is 5.47. The molecule has 2 aliphatic heterocycles. The van der Waals surface area contributed by atoms with Gasteiger partial charge in [0.15, 0.2) is 10.9 Å². The molecule has 4 rings (SSSR count). The molecule has 1 N–H and O–H groups in total. The van der Waals surface area contributed by atoms with Gasteiger partial charge in [0.2, 0.25) is 0 Å². The smallest absolute Gasteiger partial charge is 0.194 e. The van der Waals surface area contributed by atoms with E-state index in [0.29, 0.717) is 6.04 Å². The van der Waals surface area contributed by atoms with Gasteiger partial charge in [-0.1, -0.05) is 6.42 Å². The quantitative estimate of drug-likeness (QED) is 0.682. The Kier molecular flexibility index (Phi) is 4.71. The van der Waals surface area contributed by atoms with Gasteiger partial charge in [-0.3, -0.25) is 14.3 Å². The minimum Gasteiger partial charge on any atom is -0.351 e. The van der Waals surface area contributed by atoms with Crippen LogP contribution >= 0.6 is 11.3 Å². The molecular weight excluding hydrogens is 320 g/mol. The number of aromatic nitrogens is 2. The molecule has 2 saturated heterocycles. The third kappa shape index (κ3) is 3.28. The second-order valence-electron chi connectivity index (χ2n) is 6.71. The molecule has 0 aliphatic carbocycles. The minimum atomic E-state index is 0.696. The molecule has 1 atom stereocenters. The van der Waals surface area contributed by atoms with Crippen LogP contribution in [0, 0.1) is 0 Å². The van der Waals surface area contributed by atoms with Crippen molar-refractivity contribution in [1.82, 2.24) is 24.5 Å². The van der Waals surface area contributed by atoms with Crippen molar-refractivity contribution in [2.75, 3.05) is 33.2 Å². The Balaban J connectivity index is 1.33. The molecule has 0 aromatic carbocycles. The number of hydrogen-bond acceptors (Lipinski definition) is 4. The van der Waals surface area contributed by atoms with Crippen molar-refractivity contribution >= 4 is 22.3 Å². The lowest BCUT2D eigenvalue weighted by Crippen LogP contribution is -2.44. The van der Waals surface area contributed by atoms with Crippen LogP contribution in [0.2, 0.25) is 0 Å². The average Bonchev–Trinajstić information content (AvgIpc) is 3.32. The largest absolute Gasteiger partial charge is 0.351 e. The molecule has 24 heavy (non-hydrogen) atoms. The van der Waals surface area contributed by atoms with E-state index in [2.05, 4.69) is 47.3 Å². The highest BCUT2D eigenvalue weighted by atomic mass is 32.1. The van der Waals surface area contributed by atoms with Crippen molar-refractivity contribution in [3.8, 4) is 0 Å². The minimum absolute atomic E-state index is 0.696. The summed E-state index contributed by atoms with van der Waals surface area (Å²) in [6.07, 6.45) is 9.52. The number of imidazole rings is 1. The second kappa shape index (κ2) is 7.11. The number of likely N-dealkylation sites (tertiary alicyclic amines) is 2. The van der Waals surface area contributed by atoms with Gasteiger partial charge in [0.25, 0.3) is 0 Å². The lowest BCUT2D eigenvalue weighted by molar-refractivity contribution is 0.168. The van der Waals surface area contributed by atoms with Crippen molar-refractivity contribution in [3.63, 3.8) is 0 Å². The van der Waals surface area contributed by atoms with E-state index in [-0.39, 0.29) is 0 Å². The first-order chi connectivity index (χ1) is 11.8. The summed E-state index contributed by atoms with van der Waals surface area (Å²) in [4.78, 5) is 15.2. The van der Waals surface area contributed by atoms with E-state index in [4.69, 9.17) is 0 Å². The molecule has 4 heterocycles. The Hall–Kier alpha value is -1.60. The Bertz CT molecular complexity index is 670. The zero-order chi connectivity index (χ0) is 16.4. The van der Waals surface area contributed by atoms with Gasteiger partial charge in [-0.05, 0) is 32.4 Å². The Morgan fingerprint density at radius 3 is 3.00 bits per heavy atom. The van der Waals surface area contributed by atoms with Crippen molar-refractivity contribution in [1.29, 1.82) is 0 Å². The highest BCUT2D eigenvalue weighted by Crippen LogP contribution is 2.20. The number of piperidine rings is 1. The molecule has 0 radical (unpaired) electrons. The fraction of sp³-hybridized carbons (Fsp3) is 0.647. The topological polar surface area (TPSA) is 48.2 Å². The van der Waals surface area contributed by atoms with Gasteiger partial charge in [-0.15, -0.1) is 11.3 Å². The predicted octanol–water partition coefficient (Wildman–Crippen LogP) is 2.03. The SMILES string of the molecule is CN=C(NCc1cn2ccsc2n1)N1CCC(N2CCCCC2)C1. The summed E-state index contributed by atoms with van der Waals surface area (Å²) in [7, 11) is 1.88. The summed E-state index contributed by atoms with van der Waals surface area (Å²) in [5.74, 6) is 1.01. The molecule has 7 heteroatoms. The van der Waals surface area contributed by atoms with Crippen LogP contribution in [-0.4, -0.2) is 64.4 Å². The van der Waals surface area contributed by atoms with Crippen LogP contribution in [0.15, 0.2) is 22.8 Å². The number of nitrogens with one attached hydrogen (secondary N) is 1. The van der Waals surface area contributed by atoms with Crippen molar-refractivity contribution in [2.45, 2.75) is 38.3 Å². The molecule has 2 fully saturated rings. The average molecular weight is 347 g/mol. The maximum atomic E-state index is 4.63. The van der Waals surface area contributed by atoms with E-state index in [1.807, 2.05) is 7.05 Å². The van der Waals surface area contributed by atoms with Gasteiger partial charge < -0.3 is 10.2 Å². The summed E-state index contributed by atoms with van der Waals surface area (Å²) >= 11 is 1.67. The predicted molar refractivity (Wildman–Crippen MR) is 98.7 cm³/mol. The van der Waals surface area contributed by atoms with Crippen LogP contribution in [0.3, 0.4) is 0 Å². The fourth-order valence-electron chi connectivity index (χ4n) is 3.88. The fourth-order valence-corrected chi connectivity index (χ4v) is 4.60. The number of thiazole rings is 1. The van der Waals surface area contributed by atoms with Gasteiger partial charge in [-0.25, -0.2) is 4.98 Å². The first-order valence-corrected chi connectivity index (χ1v) is 9.82. The number of hydrogen-bond donors (Lipinski definition) is 1. The number of aliphatic imine (C=N–C) groups is 1. The zero-order valence-electron chi connectivity index (χ0n) is 14.3. The van der Waals surface area contributed by atoms with Gasteiger partial charge >= 0.3 is 0 Å². The molecule has 2 aromatic heterocycles. The van der Waals surface area contributed by atoms with Crippen molar-refractivity contribution < 1.29 is 0 Å². The molecule has 1 unspecified atom stereocenters. The molecular formula is C17H26N6S. The standard InChI is InChI=1S/C17H26N6S/c1-18-16(19-11-14-12-23-9-10-24-17(23)20-14)22-8-5-15(13-22)21-6-3-2-4-7-21/h9-10,12,15H,2-8,11,13H2,1H3,(H,18,19). The van der Waals surface area contributed by atoms with Crippen LogP contribution in [0.5, 0.6) is 0 Å². The molecule has 2 aliphatic rings. The van der Waals surface area contributed by atoms with E-state index < -0.39 is 0 Å². The summed E-state index contributed by atoms with van der Waals surface area (Å²) in [5.41, 5.74) is 1.06. The molecule has 0 saturated carbocycles. The second-order valence-corrected chi connectivity index (χ2v) is 7.58. The number of nitrogens with zero attached hydrogens (tertiary/aromatic N) is 5. The van der Waals surface area contributed by atoms with Crippen LogP contribution in [0.25, 0.3) is 4.96 Å². The Labute approximate surface area is 147 Å². The monoisotopic (exact) mass is 346 g/mol. The third-order valence-electron chi connectivity index (χ3n) is 5.15. The first-order valence-electron chi connectivity index (χ1n) is 8.94. The maximum absolute atomic E-state index is 4.63. The lowest BCUT2D eigenvalue weighted by Gasteiger charge is -2.32. The first kappa shape index (κ1) is 15.9. The summed E-state index contributed by atoms with van der Waals surface area (Å²) < 4.78 is 2.08. The highest BCUT2D eigenvalue weighted by molar-refractivity contribution is 7.15. The highest BCUT2D eigenvalue weighted by Gasteiger charge is 2.29. The van der Waals surface area contributed by atoms with Crippen molar-refractivity contribution in [3.05, 3.63) is 23.5 Å². The normalized spacial score (nSPS) is 23.3. The maximum Gasteiger partial charge on any atom is 0.194 e. The Morgan fingerprint density at radius 1 is 1.33 bits per heavy atom. The van der Waals surface area contributed by atoms with Crippen molar-refractivity contribution in [2.24, 2.45) is 4.99 Å². The van der Waals surface area contributed by atoms with E-state index in [1.54, 1.807) is 11.3 Å². The molecule has 6 nitrogen and oxygen atoms in total. The molecule has 0 amide bonds. The van der Waals surface area contributed by atoms with Gasteiger partial charge in [-0.2, -0.15) is 0 Å². The lowest BCUT2D eigenvalue weighted by atomic mass is 10.1. The molecule has 2 aromatic rings. The van der Waals surface area contributed by atoms with Crippen LogP contribution in [-0.2, 0) is 6.54 Å². The van der Waals surface area contributed by atoms with Crippen LogP contribution in [0.1, 0.15) is 31.4 Å². The van der Waals surface area contributed by atoms with Gasteiger partial charge in [0, 0.05) is 44.0 Å². The molecule has 0 spiro atoms. The van der Waals surface area contributed by atoms with Crippen LogP contribution < -0.4 is 5.32 Å². The molecule has 0 bridgehead atoms. The Morgan fingerprint density at radius 2 is 2.21 bits per heavy atom. The van der Waals surface area contributed by atoms with E-state index in [1.165, 1.54) is 38.8 Å². The zero-order valence-corrected chi connectivity index (χ0v) is 15.1. The number of fused-ring (bicyclic) bond motifs is 1. The van der Waals surface area contributed by atoms with Gasteiger partial charge in [0.1, 0.15) is 0 Å². The summed E-state index contributed by atoms with van der Waals surface area (Å²) in [5, 5.41) is 5.55. The summed E-state index contributed by atoms with van der Waals surface area (Å²) in [6, 6.07) is 0.696. The van der Waals surface area contributed by atoms with E-state index >= 15 is 0 Å². The van der Waals surface area contributed by atoms with Crippen LogP contribution in [0.4, 0.5) is 0 Å². The van der Waals surface area contributed by atoms with Gasteiger partial charge in [0.05, 0.1) is 12.2 Å². The number of rotatable bonds is 3. The van der Waals surface area contributed by atoms with E-state index in [0.717, 1.165) is 36.2 Å².